The molecule has 2 amide bonds. The first-order chi connectivity index (χ1) is 14.4. The van der Waals surface area contributed by atoms with E-state index in [1.54, 1.807) is 32.4 Å². The second kappa shape index (κ2) is 9.31. The molecule has 3 rings (SSSR count). The summed E-state index contributed by atoms with van der Waals surface area (Å²) in [6.07, 6.45) is 0.851. The molecular formula is C23H26N2O5. The molecule has 0 saturated heterocycles. The maximum Gasteiger partial charge on any atom is 0.319 e. The lowest BCUT2D eigenvalue weighted by atomic mass is 10.0. The van der Waals surface area contributed by atoms with Gasteiger partial charge in [-0.15, -0.1) is 0 Å². The highest BCUT2D eigenvalue weighted by Gasteiger charge is 2.32. The summed E-state index contributed by atoms with van der Waals surface area (Å²) in [5.74, 6) is 8.40. The summed E-state index contributed by atoms with van der Waals surface area (Å²) >= 11 is 0. The van der Waals surface area contributed by atoms with E-state index in [1.165, 1.54) is 0 Å². The summed E-state index contributed by atoms with van der Waals surface area (Å²) in [5, 5.41) is 5.39. The molecule has 0 spiro atoms. The number of anilines is 1. The average Bonchev–Trinajstić information content (AvgIpc) is 3.04. The highest BCUT2D eigenvalue weighted by atomic mass is 16.5. The quantitative estimate of drug-likeness (QED) is 0.712. The Morgan fingerprint density at radius 2 is 1.87 bits per heavy atom. The van der Waals surface area contributed by atoms with Crippen molar-refractivity contribution in [3.8, 4) is 34.8 Å². The molecule has 0 aliphatic carbocycles. The van der Waals surface area contributed by atoms with Crippen LogP contribution in [0.4, 0.5) is 10.5 Å². The molecule has 1 aliphatic rings. The normalized spacial score (nSPS) is 13.2. The largest absolute Gasteiger partial charge is 0.497 e. The number of ether oxygens (including phenoxy) is 4. The summed E-state index contributed by atoms with van der Waals surface area (Å²) in [5.41, 5.74) is 1.47. The summed E-state index contributed by atoms with van der Waals surface area (Å²) in [4.78, 5) is 12.0. The number of nitrogens with one attached hydrogen (secondary N) is 2. The van der Waals surface area contributed by atoms with Crippen LogP contribution in [0.1, 0.15) is 19.4 Å². The first-order valence-corrected chi connectivity index (χ1v) is 9.57. The molecule has 7 heteroatoms. The number of carbonyl (C=O) groups excluding carboxylic acids is 1. The molecule has 0 saturated carbocycles. The van der Waals surface area contributed by atoms with E-state index in [2.05, 4.69) is 36.3 Å². The molecule has 2 aromatic rings. The van der Waals surface area contributed by atoms with Gasteiger partial charge in [0.25, 0.3) is 0 Å². The number of hydrogen-bond donors (Lipinski definition) is 2. The first kappa shape index (κ1) is 21.2. The minimum Gasteiger partial charge on any atom is -0.497 e. The number of benzene rings is 2. The smallest absolute Gasteiger partial charge is 0.319 e. The average molecular weight is 410 g/mol. The SMILES string of the molecule is COc1cc(NC(=O)NCC#CCOc2cccc3c2OC(C)(C)C3)cc(OC)c1. The fourth-order valence-corrected chi connectivity index (χ4v) is 3.11. The van der Waals surface area contributed by atoms with Crippen LogP contribution in [-0.2, 0) is 6.42 Å². The number of urea groups is 1. The maximum absolute atomic E-state index is 12.0. The number of carbonyl (C=O) groups is 1. The van der Waals surface area contributed by atoms with Crippen LogP contribution in [0.5, 0.6) is 23.0 Å². The second-order valence-electron chi connectivity index (χ2n) is 7.33. The third kappa shape index (κ3) is 5.51. The summed E-state index contributed by atoms with van der Waals surface area (Å²) in [6.45, 7) is 4.49. The highest BCUT2D eigenvalue weighted by molar-refractivity contribution is 5.89. The Labute approximate surface area is 176 Å². The Morgan fingerprint density at radius 3 is 2.57 bits per heavy atom. The van der Waals surface area contributed by atoms with Gasteiger partial charge >= 0.3 is 6.03 Å². The van der Waals surface area contributed by atoms with Gasteiger partial charge in [0.15, 0.2) is 11.5 Å². The molecular weight excluding hydrogens is 384 g/mol. The third-order valence-corrected chi connectivity index (χ3v) is 4.43. The summed E-state index contributed by atoms with van der Waals surface area (Å²) in [6, 6.07) is 10.6. The van der Waals surface area contributed by atoms with E-state index < -0.39 is 0 Å². The number of hydrogen-bond acceptors (Lipinski definition) is 5. The molecule has 0 unspecified atom stereocenters. The minimum absolute atomic E-state index is 0.187. The zero-order chi connectivity index (χ0) is 21.6. The van der Waals surface area contributed by atoms with Crippen molar-refractivity contribution >= 4 is 11.7 Å². The van der Waals surface area contributed by atoms with E-state index in [-0.39, 0.29) is 24.8 Å². The fraction of sp³-hybridized carbons (Fsp3) is 0.348. The van der Waals surface area contributed by atoms with Gasteiger partial charge in [-0.2, -0.15) is 0 Å². The number of fused-ring (bicyclic) bond motifs is 1. The molecule has 0 radical (unpaired) electrons. The Bertz CT molecular complexity index is 953. The van der Waals surface area contributed by atoms with Gasteiger partial charge in [-0.1, -0.05) is 24.0 Å². The maximum atomic E-state index is 12.0. The first-order valence-electron chi connectivity index (χ1n) is 9.57. The van der Waals surface area contributed by atoms with Crippen molar-refractivity contribution < 1.29 is 23.7 Å². The van der Waals surface area contributed by atoms with Crippen molar-refractivity contribution in [3.05, 3.63) is 42.0 Å². The van der Waals surface area contributed by atoms with Crippen LogP contribution in [0.2, 0.25) is 0 Å². The van der Waals surface area contributed by atoms with Crippen LogP contribution in [0.3, 0.4) is 0 Å². The van der Waals surface area contributed by atoms with Gasteiger partial charge in [-0.05, 0) is 19.9 Å². The predicted octanol–water partition coefficient (Wildman–Crippen LogP) is 3.62. The van der Waals surface area contributed by atoms with Crippen LogP contribution in [0.25, 0.3) is 0 Å². The highest BCUT2D eigenvalue weighted by Crippen LogP contribution is 2.41. The summed E-state index contributed by atoms with van der Waals surface area (Å²) < 4.78 is 22.1. The number of rotatable bonds is 6. The van der Waals surface area contributed by atoms with Crippen molar-refractivity contribution in [3.63, 3.8) is 0 Å². The lowest BCUT2D eigenvalue weighted by Crippen LogP contribution is -2.29. The lowest BCUT2D eigenvalue weighted by Gasteiger charge is -2.17. The number of para-hydroxylation sites is 1. The van der Waals surface area contributed by atoms with Gasteiger partial charge in [0.1, 0.15) is 23.7 Å². The number of amides is 2. The molecule has 2 N–H and O–H groups in total. The molecule has 1 aliphatic heterocycles. The van der Waals surface area contributed by atoms with E-state index in [1.807, 2.05) is 18.2 Å². The standard InChI is InChI=1S/C23H26N2O5/c1-23(2)15-16-8-7-9-20(21(16)30-23)29-11-6-5-10-24-22(26)25-17-12-18(27-3)14-19(13-17)28-4/h7-9,12-14H,10-11,15H2,1-4H3,(H2,24,25,26). The Morgan fingerprint density at radius 1 is 1.13 bits per heavy atom. The van der Waals surface area contributed by atoms with Crippen LogP contribution < -0.4 is 29.6 Å². The minimum atomic E-state index is -0.378. The third-order valence-electron chi connectivity index (χ3n) is 4.43. The number of methoxy groups -OCH3 is 2. The molecule has 7 nitrogen and oxygen atoms in total. The molecule has 2 aromatic carbocycles. The van der Waals surface area contributed by atoms with Crippen molar-refractivity contribution in [1.29, 1.82) is 0 Å². The molecule has 0 bridgehead atoms. The van der Waals surface area contributed by atoms with Crippen LogP contribution in [0, 0.1) is 11.8 Å². The van der Waals surface area contributed by atoms with Crippen molar-refractivity contribution in [2.24, 2.45) is 0 Å². The molecule has 158 valence electrons. The van der Waals surface area contributed by atoms with Crippen molar-refractivity contribution in [2.75, 3.05) is 32.7 Å². The topological polar surface area (TPSA) is 78.1 Å². The van der Waals surface area contributed by atoms with E-state index in [0.717, 1.165) is 17.7 Å². The van der Waals surface area contributed by atoms with Crippen LogP contribution >= 0.6 is 0 Å². The van der Waals surface area contributed by atoms with E-state index in [0.29, 0.717) is 22.9 Å². The Kier molecular flexibility index (Phi) is 6.58. The molecule has 0 aromatic heterocycles. The van der Waals surface area contributed by atoms with Crippen LogP contribution in [-0.4, -0.2) is 39.0 Å². The molecule has 0 fully saturated rings. The van der Waals surface area contributed by atoms with Crippen molar-refractivity contribution in [1.82, 2.24) is 5.32 Å². The summed E-state index contributed by atoms with van der Waals surface area (Å²) in [7, 11) is 3.10. The van der Waals surface area contributed by atoms with E-state index in [4.69, 9.17) is 18.9 Å². The van der Waals surface area contributed by atoms with Gasteiger partial charge < -0.3 is 29.6 Å². The fourth-order valence-electron chi connectivity index (χ4n) is 3.11. The Hall–Kier alpha value is -3.53. The predicted molar refractivity (Wildman–Crippen MR) is 115 cm³/mol. The van der Waals surface area contributed by atoms with Gasteiger partial charge in [0.05, 0.1) is 20.8 Å². The molecule has 30 heavy (non-hydrogen) atoms. The zero-order valence-corrected chi connectivity index (χ0v) is 17.6. The van der Waals surface area contributed by atoms with E-state index in [9.17, 15) is 4.79 Å². The van der Waals surface area contributed by atoms with Gasteiger partial charge in [0.2, 0.25) is 0 Å². The molecule has 0 atom stereocenters. The second-order valence-corrected chi connectivity index (χ2v) is 7.33. The zero-order valence-electron chi connectivity index (χ0n) is 17.6. The monoisotopic (exact) mass is 410 g/mol. The van der Waals surface area contributed by atoms with Gasteiger partial charge in [0, 0.05) is 35.9 Å². The van der Waals surface area contributed by atoms with Crippen LogP contribution in [0.15, 0.2) is 36.4 Å². The van der Waals surface area contributed by atoms with Crippen molar-refractivity contribution in [2.45, 2.75) is 25.9 Å². The van der Waals surface area contributed by atoms with Gasteiger partial charge in [-0.25, -0.2) is 4.79 Å². The lowest BCUT2D eigenvalue weighted by molar-refractivity contribution is 0.133. The molecule has 1 heterocycles. The Balaban J connectivity index is 1.45. The van der Waals surface area contributed by atoms with Gasteiger partial charge in [-0.3, -0.25) is 0 Å². The van der Waals surface area contributed by atoms with E-state index >= 15 is 0 Å².